The van der Waals surface area contributed by atoms with Crippen molar-refractivity contribution in [2.45, 2.75) is 37.6 Å². The number of benzene rings is 1. The highest BCUT2D eigenvalue weighted by Crippen LogP contribution is 2.42. The first-order valence-electron chi connectivity index (χ1n) is 9.14. The zero-order valence-electron chi connectivity index (χ0n) is 18.6. The minimum Gasteiger partial charge on any atom is -0.480 e. The molecule has 0 spiro atoms. The Morgan fingerprint density at radius 2 is 1.77 bits per heavy atom. The van der Waals surface area contributed by atoms with Crippen molar-refractivity contribution >= 4 is 33.9 Å². The quantitative estimate of drug-likeness (QED) is 0.119. The van der Waals surface area contributed by atoms with Gasteiger partial charge in [-0.3, -0.25) is 9.63 Å². The van der Waals surface area contributed by atoms with Crippen LogP contribution in [-0.4, -0.2) is 69.2 Å². The smallest absolute Gasteiger partial charge is 0.430 e. The molecule has 17 heteroatoms. The number of alkyl halides is 3. The van der Waals surface area contributed by atoms with Crippen molar-refractivity contribution < 1.29 is 68.6 Å². The van der Waals surface area contributed by atoms with Crippen LogP contribution in [0.25, 0.3) is 6.08 Å². The van der Waals surface area contributed by atoms with Crippen LogP contribution in [0.5, 0.6) is 5.75 Å². The number of esters is 1. The molecule has 0 radical (unpaired) electrons. The number of aliphatic hydroxyl groups is 3. The van der Waals surface area contributed by atoms with E-state index in [4.69, 9.17) is 15.1 Å². The molecule has 1 heterocycles. The van der Waals surface area contributed by atoms with Crippen LogP contribution in [0.2, 0.25) is 0 Å². The maximum absolute atomic E-state index is 13.2. The molecule has 2 rings (SSSR count). The highest BCUT2D eigenvalue weighted by molar-refractivity contribution is 9.10. The fourth-order valence-corrected chi connectivity index (χ4v) is 2.69. The Bertz CT molecular complexity index is 920. The van der Waals surface area contributed by atoms with Crippen molar-refractivity contribution in [2.24, 2.45) is 5.90 Å². The van der Waals surface area contributed by atoms with E-state index in [1.165, 1.54) is 6.07 Å². The van der Waals surface area contributed by atoms with Gasteiger partial charge >= 0.3 is 24.1 Å². The summed E-state index contributed by atoms with van der Waals surface area (Å²) in [7, 11) is 1.62. The Labute approximate surface area is 204 Å². The summed E-state index contributed by atoms with van der Waals surface area (Å²) in [6, 6.07) is 2.19. The van der Waals surface area contributed by atoms with Gasteiger partial charge in [0.15, 0.2) is 0 Å². The van der Waals surface area contributed by atoms with E-state index < -0.39 is 59.4 Å². The highest BCUT2D eigenvalue weighted by atomic mass is 79.9. The van der Waals surface area contributed by atoms with Crippen molar-refractivity contribution in [1.29, 1.82) is 0 Å². The molecule has 1 aromatic carbocycles. The first-order chi connectivity index (χ1) is 16.0. The minimum absolute atomic E-state index is 0.132. The van der Waals surface area contributed by atoms with Crippen LogP contribution in [-0.2, 0) is 25.1 Å². The topological polar surface area (TPSA) is 229 Å². The van der Waals surface area contributed by atoms with Gasteiger partial charge in [0.05, 0.1) is 11.1 Å². The third kappa shape index (κ3) is 9.32. The number of nitrogens with two attached hydrogens (primary N) is 1. The van der Waals surface area contributed by atoms with Crippen molar-refractivity contribution in [3.05, 3.63) is 33.3 Å². The zero-order valence-corrected chi connectivity index (χ0v) is 20.2. The van der Waals surface area contributed by atoms with E-state index >= 15 is 0 Å². The van der Waals surface area contributed by atoms with E-state index in [2.05, 4.69) is 42.6 Å². The predicted octanol–water partition coefficient (Wildman–Crippen LogP) is -0.679. The summed E-state index contributed by atoms with van der Waals surface area (Å²) in [6.07, 6.45) is -7.03. The number of carbonyl (C=O) groups is 2. The molecule has 1 aliphatic heterocycles. The third-order valence-corrected chi connectivity index (χ3v) is 4.68. The van der Waals surface area contributed by atoms with Crippen LogP contribution in [0.3, 0.4) is 0 Å². The molecule has 0 saturated heterocycles. The van der Waals surface area contributed by atoms with Crippen LogP contribution in [0.4, 0.5) is 13.2 Å². The van der Waals surface area contributed by atoms with Gasteiger partial charge in [-0.25, -0.2) is 21.8 Å². The third-order valence-electron chi connectivity index (χ3n) is 4.22. The van der Waals surface area contributed by atoms with Crippen LogP contribution < -0.4 is 21.8 Å². The van der Waals surface area contributed by atoms with Gasteiger partial charge in [0.1, 0.15) is 11.3 Å². The second-order valence-electron chi connectivity index (χ2n) is 7.04. The molecule has 0 saturated carbocycles. The molecule has 11 N–H and O–H groups in total. The van der Waals surface area contributed by atoms with Crippen LogP contribution in [0, 0.1) is 0 Å². The molecule has 1 unspecified atom stereocenters. The molecule has 0 amide bonds. The van der Waals surface area contributed by atoms with Crippen molar-refractivity contribution in [3.8, 4) is 5.75 Å². The fourth-order valence-electron chi connectivity index (χ4n) is 2.21. The minimum atomic E-state index is -5.04. The normalized spacial score (nSPS) is 15.2. The van der Waals surface area contributed by atoms with Gasteiger partial charge in [-0.1, -0.05) is 15.9 Å². The molecule has 35 heavy (non-hydrogen) atoms. The average Bonchev–Trinajstić information content (AvgIpc) is 2.76. The van der Waals surface area contributed by atoms with Gasteiger partial charge in [0, 0.05) is 10.0 Å². The Morgan fingerprint density at radius 3 is 2.14 bits per heavy atom. The van der Waals surface area contributed by atoms with Crippen molar-refractivity contribution in [2.75, 3.05) is 13.8 Å². The first-order valence-corrected chi connectivity index (χ1v) is 9.93. The summed E-state index contributed by atoms with van der Waals surface area (Å²) >= 11 is 2.99. The van der Waals surface area contributed by atoms with Crippen LogP contribution >= 0.6 is 15.9 Å². The lowest BCUT2D eigenvalue weighted by Crippen LogP contribution is -2.44. The van der Waals surface area contributed by atoms with E-state index in [1.807, 2.05) is 0 Å². The molecule has 1 aromatic rings. The number of carboxylic acids is 1. The number of fused-ring (bicyclic) bond motifs is 1. The number of likely N-dealkylation sites (N-methyl/N-ethyl adjacent to an activating group) is 1. The Kier molecular flexibility index (Phi) is 12.2. The molecule has 0 aromatic heterocycles. The molecule has 0 bridgehead atoms. The van der Waals surface area contributed by atoms with E-state index in [0.29, 0.717) is 0 Å². The molecule has 0 aliphatic carbocycles. The first kappa shape index (κ1) is 32.6. The zero-order chi connectivity index (χ0) is 27.8. The van der Waals surface area contributed by atoms with Gasteiger partial charge < -0.3 is 35.2 Å². The van der Waals surface area contributed by atoms with E-state index in [-0.39, 0.29) is 10.0 Å². The van der Waals surface area contributed by atoms with E-state index in [1.54, 1.807) is 20.9 Å². The number of rotatable bonds is 6. The van der Waals surface area contributed by atoms with E-state index in [9.17, 15) is 38.1 Å². The molecule has 0 fully saturated rings. The monoisotopic (exact) mass is 580 g/mol. The Balaban J connectivity index is 0.000000982. The second kappa shape index (κ2) is 13.1. The number of nitrogens with one attached hydrogen (secondary N) is 1. The van der Waals surface area contributed by atoms with Gasteiger partial charge in [-0.2, -0.15) is 13.2 Å². The second-order valence-corrected chi connectivity index (χ2v) is 7.96. The molecule has 13 nitrogen and oxygen atoms in total. The number of aliphatic carboxylic acids is 1. The number of ether oxygens (including phenoxy) is 2. The lowest BCUT2D eigenvalue weighted by atomic mass is 9.98. The highest BCUT2D eigenvalue weighted by Gasteiger charge is 2.50. The summed E-state index contributed by atoms with van der Waals surface area (Å²) < 4.78 is 49.1. The maximum Gasteiger partial charge on any atom is 0.430 e. The van der Waals surface area contributed by atoms with Crippen LogP contribution in [0.15, 0.2) is 22.2 Å². The summed E-state index contributed by atoms with van der Waals surface area (Å²) in [6.45, 7) is 2.43. The largest absolute Gasteiger partial charge is 0.480 e. The summed E-state index contributed by atoms with van der Waals surface area (Å²) in [5.74, 6) is 0.537. The molecule has 1 aliphatic rings. The summed E-state index contributed by atoms with van der Waals surface area (Å²) in [4.78, 5) is 26.0. The summed E-state index contributed by atoms with van der Waals surface area (Å²) in [5.41, 5.74) is -2.59. The number of quaternary nitrogens is 1. The lowest BCUT2D eigenvalue weighted by Gasteiger charge is -2.30. The van der Waals surface area contributed by atoms with Crippen LogP contribution in [0.1, 0.15) is 25.0 Å². The number of halogens is 4. The van der Waals surface area contributed by atoms with Gasteiger partial charge in [-0.15, -0.1) is 0 Å². The Hall–Kier alpha value is -2.35. The number of hydrogen-bond donors (Lipinski definition) is 8. The molecular weight excluding hydrogens is 555 g/mol. The Morgan fingerprint density at radius 1 is 1.23 bits per heavy atom. The van der Waals surface area contributed by atoms with Gasteiger partial charge in [-0.05, 0) is 39.1 Å². The molecule has 200 valence electrons. The maximum atomic E-state index is 13.2. The molecular formula is C18H26BrF3N3O10+. The van der Waals surface area contributed by atoms with Crippen molar-refractivity contribution in [3.63, 3.8) is 0 Å². The number of hydrogen-bond acceptors (Lipinski definition) is 11. The van der Waals surface area contributed by atoms with Crippen molar-refractivity contribution in [1.82, 2.24) is 5.32 Å². The average molecular weight is 581 g/mol. The van der Waals surface area contributed by atoms with E-state index in [0.717, 1.165) is 12.1 Å². The number of carboxylic acid groups (broad SMARTS) is 1. The predicted molar refractivity (Wildman–Crippen MR) is 113 cm³/mol. The van der Waals surface area contributed by atoms with Gasteiger partial charge in [0.2, 0.25) is 12.9 Å². The number of carbonyl (C=O) groups excluding carboxylic acids is 1. The fraction of sp³-hybridized carbons (Fsp3) is 0.444. The molecule has 1 atom stereocenters. The SMILES string of the molecule is CNC(C)(C)C(=O)O.NOCOC(=O)C1=Cc2cc(Br)cc(C(O)(O)O)c2OC1C(F)(F)F.[NH3+]O. The standard InChI is InChI=1S/C13H11BrF3NO7.C5H11NO2.H4NO/c14-6-1-5-2-7(11(19)23-4-24-18)10(12(15,16)17)25-9(5)8(3-6)13(20,21)22;1-5(2,6-3)4(7)8;1-2/h1-3,10,20-22H,4,18H2;6H,1-3H3,(H,7,8);2H,1H3/q;;+1. The summed E-state index contributed by atoms with van der Waals surface area (Å²) in [5, 5.41) is 45.8. The lowest BCUT2D eigenvalue weighted by molar-refractivity contribution is -0.670. The van der Waals surface area contributed by atoms with Gasteiger partial charge in [0.25, 0.3) is 0 Å².